The number of carbonyl (C=O) groups excluding carboxylic acids is 1. The lowest BCUT2D eigenvalue weighted by Crippen LogP contribution is -2.14. The number of halogens is 3. The minimum atomic E-state index is -4.41. The Hall–Kier alpha value is -3.28. The summed E-state index contributed by atoms with van der Waals surface area (Å²) in [6, 6.07) is 15.9. The number of nitrogens with one attached hydrogen (secondary N) is 1. The summed E-state index contributed by atoms with van der Waals surface area (Å²) in [5.74, 6) is -0.621. The van der Waals surface area contributed by atoms with Crippen molar-refractivity contribution in [3.63, 3.8) is 0 Å². The van der Waals surface area contributed by atoms with Crippen molar-refractivity contribution in [2.45, 2.75) is 12.6 Å². The van der Waals surface area contributed by atoms with Gasteiger partial charge in [0.2, 0.25) is 5.91 Å². The summed E-state index contributed by atoms with van der Waals surface area (Å²) in [6.07, 6.45) is -3.51. The number of amides is 1. The van der Waals surface area contributed by atoms with E-state index >= 15 is 0 Å². The zero-order valence-electron chi connectivity index (χ0n) is 14.8. The first kappa shape index (κ1) is 18.1. The second-order valence-corrected chi connectivity index (χ2v) is 6.72. The van der Waals surface area contributed by atoms with Crippen LogP contribution in [0.1, 0.15) is 21.5 Å². The van der Waals surface area contributed by atoms with Gasteiger partial charge >= 0.3 is 6.18 Å². The summed E-state index contributed by atoms with van der Waals surface area (Å²) in [5.41, 5.74) is 10.0. The summed E-state index contributed by atoms with van der Waals surface area (Å²) in [6.45, 7) is 0.868. The number of alkyl halides is 3. The molecule has 0 radical (unpaired) electrons. The Bertz CT molecular complexity index is 1060. The number of nitrogens with two attached hydrogens (primary N) is 1. The molecule has 3 N–H and O–H groups in total. The van der Waals surface area contributed by atoms with Crippen LogP contribution >= 0.6 is 0 Å². The molecular weight excluding hydrogens is 365 g/mol. The van der Waals surface area contributed by atoms with Crippen molar-refractivity contribution in [3.8, 4) is 22.3 Å². The van der Waals surface area contributed by atoms with Crippen LogP contribution in [0.15, 0.2) is 60.7 Å². The lowest BCUT2D eigenvalue weighted by atomic mass is 9.90. The van der Waals surface area contributed by atoms with Crippen molar-refractivity contribution in [2.24, 2.45) is 5.73 Å². The van der Waals surface area contributed by atoms with Crippen LogP contribution in [0.3, 0.4) is 0 Å². The highest BCUT2D eigenvalue weighted by Crippen LogP contribution is 2.36. The minimum Gasteiger partial charge on any atom is -0.384 e. The monoisotopic (exact) mass is 382 g/mol. The largest absolute Gasteiger partial charge is 0.416 e. The van der Waals surface area contributed by atoms with Gasteiger partial charge in [0.1, 0.15) is 0 Å². The van der Waals surface area contributed by atoms with Crippen LogP contribution in [0.4, 0.5) is 18.9 Å². The van der Waals surface area contributed by atoms with Crippen molar-refractivity contribution in [1.82, 2.24) is 0 Å². The molecule has 3 aromatic rings. The molecule has 1 heterocycles. The van der Waals surface area contributed by atoms with Gasteiger partial charge in [-0.05, 0) is 58.5 Å². The standard InChI is InChI=1S/C22H17F3N2O/c23-22(24,25)16-7-4-13(5-8-16)17-2-1-3-18(20(17)21(26)28)14-6-9-19-15(12-14)10-11-27-19/h1-9,12,27H,10-11H2,(H2,26,28). The van der Waals surface area contributed by atoms with Gasteiger partial charge in [-0.15, -0.1) is 0 Å². The number of hydrogen-bond acceptors (Lipinski definition) is 2. The van der Waals surface area contributed by atoms with Gasteiger partial charge in [0.15, 0.2) is 0 Å². The van der Waals surface area contributed by atoms with Crippen LogP contribution in [0.25, 0.3) is 22.3 Å². The number of fused-ring (bicyclic) bond motifs is 1. The number of hydrogen-bond donors (Lipinski definition) is 2. The highest BCUT2D eigenvalue weighted by Gasteiger charge is 2.30. The maximum Gasteiger partial charge on any atom is 0.416 e. The second kappa shape index (κ2) is 6.71. The molecule has 0 unspecified atom stereocenters. The molecule has 0 fully saturated rings. The van der Waals surface area contributed by atoms with E-state index in [1.165, 1.54) is 12.1 Å². The van der Waals surface area contributed by atoms with Crippen molar-refractivity contribution >= 4 is 11.6 Å². The molecule has 0 saturated heterocycles. The molecule has 3 aromatic carbocycles. The lowest BCUT2D eigenvalue weighted by Gasteiger charge is -2.14. The summed E-state index contributed by atoms with van der Waals surface area (Å²) in [5, 5.41) is 3.29. The third-order valence-electron chi connectivity index (χ3n) is 4.96. The van der Waals surface area contributed by atoms with Crippen LogP contribution in [-0.2, 0) is 12.6 Å². The molecule has 0 aliphatic carbocycles. The van der Waals surface area contributed by atoms with Crippen LogP contribution in [0.2, 0.25) is 0 Å². The first-order valence-electron chi connectivity index (χ1n) is 8.82. The second-order valence-electron chi connectivity index (χ2n) is 6.72. The quantitative estimate of drug-likeness (QED) is 0.662. The topological polar surface area (TPSA) is 55.1 Å². The molecule has 4 rings (SSSR count). The van der Waals surface area contributed by atoms with Gasteiger partial charge in [0, 0.05) is 12.2 Å². The molecule has 6 heteroatoms. The van der Waals surface area contributed by atoms with Crippen molar-refractivity contribution in [1.29, 1.82) is 0 Å². The third kappa shape index (κ3) is 3.22. The van der Waals surface area contributed by atoms with Crippen molar-refractivity contribution < 1.29 is 18.0 Å². The van der Waals surface area contributed by atoms with E-state index in [1.54, 1.807) is 18.2 Å². The molecule has 0 saturated carbocycles. The molecule has 1 aliphatic rings. The number of benzene rings is 3. The molecule has 0 bridgehead atoms. The van der Waals surface area contributed by atoms with E-state index in [1.807, 2.05) is 18.2 Å². The van der Waals surface area contributed by atoms with E-state index in [9.17, 15) is 18.0 Å². The zero-order valence-corrected chi connectivity index (χ0v) is 14.8. The molecule has 1 amide bonds. The molecular formula is C22H17F3N2O. The molecule has 0 atom stereocenters. The van der Waals surface area contributed by atoms with Gasteiger partial charge in [-0.3, -0.25) is 4.79 Å². The average Bonchev–Trinajstić information content (AvgIpc) is 3.14. The van der Waals surface area contributed by atoms with Crippen molar-refractivity contribution in [2.75, 3.05) is 11.9 Å². The SMILES string of the molecule is NC(=O)c1c(-c2ccc(C(F)(F)F)cc2)cccc1-c1ccc2c(c1)CCN2. The Morgan fingerprint density at radius 1 is 0.929 bits per heavy atom. The van der Waals surface area contributed by atoms with Gasteiger partial charge in [-0.2, -0.15) is 13.2 Å². The summed E-state index contributed by atoms with van der Waals surface area (Å²) < 4.78 is 38.5. The summed E-state index contributed by atoms with van der Waals surface area (Å²) >= 11 is 0. The van der Waals surface area contributed by atoms with Gasteiger partial charge in [0.25, 0.3) is 0 Å². The summed E-state index contributed by atoms with van der Waals surface area (Å²) in [4.78, 5) is 12.3. The predicted molar refractivity (Wildman–Crippen MR) is 103 cm³/mol. The third-order valence-corrected chi connectivity index (χ3v) is 4.96. The normalized spacial score (nSPS) is 13.1. The van der Waals surface area contributed by atoms with E-state index in [-0.39, 0.29) is 0 Å². The molecule has 28 heavy (non-hydrogen) atoms. The molecule has 3 nitrogen and oxygen atoms in total. The van der Waals surface area contributed by atoms with Gasteiger partial charge in [0.05, 0.1) is 11.1 Å². The number of primary amides is 1. The van der Waals surface area contributed by atoms with Crippen LogP contribution in [-0.4, -0.2) is 12.5 Å². The maximum absolute atomic E-state index is 12.8. The number of anilines is 1. The Morgan fingerprint density at radius 3 is 2.21 bits per heavy atom. The van der Waals surface area contributed by atoms with Gasteiger partial charge in [-0.1, -0.05) is 36.4 Å². The predicted octanol–water partition coefficient (Wildman–Crippen LogP) is 5.11. The van der Waals surface area contributed by atoms with Crippen molar-refractivity contribution in [3.05, 3.63) is 77.4 Å². The Morgan fingerprint density at radius 2 is 1.57 bits per heavy atom. The molecule has 0 spiro atoms. The van der Waals surface area contributed by atoms with Gasteiger partial charge < -0.3 is 11.1 Å². The summed E-state index contributed by atoms with van der Waals surface area (Å²) in [7, 11) is 0. The van der Waals surface area contributed by atoms with Gasteiger partial charge in [-0.25, -0.2) is 0 Å². The first-order chi connectivity index (χ1) is 13.3. The van der Waals surface area contributed by atoms with E-state index in [0.717, 1.165) is 41.9 Å². The fraction of sp³-hybridized carbons (Fsp3) is 0.136. The van der Waals surface area contributed by atoms with Crippen LogP contribution in [0.5, 0.6) is 0 Å². The smallest absolute Gasteiger partial charge is 0.384 e. The lowest BCUT2D eigenvalue weighted by molar-refractivity contribution is -0.137. The first-order valence-corrected chi connectivity index (χ1v) is 8.82. The highest BCUT2D eigenvalue weighted by atomic mass is 19.4. The highest BCUT2D eigenvalue weighted by molar-refractivity contribution is 6.06. The number of rotatable bonds is 3. The Labute approximate surface area is 160 Å². The van der Waals surface area contributed by atoms with Crippen LogP contribution < -0.4 is 11.1 Å². The van der Waals surface area contributed by atoms with Crippen LogP contribution in [0, 0.1) is 0 Å². The number of carbonyl (C=O) groups is 1. The Balaban J connectivity index is 1.84. The Kier molecular flexibility index (Phi) is 4.34. The van der Waals surface area contributed by atoms with E-state index in [0.29, 0.717) is 22.3 Å². The zero-order chi connectivity index (χ0) is 19.9. The van der Waals surface area contributed by atoms with E-state index in [2.05, 4.69) is 5.32 Å². The minimum absolute atomic E-state index is 0.299. The molecule has 142 valence electrons. The maximum atomic E-state index is 12.8. The van der Waals surface area contributed by atoms with E-state index < -0.39 is 17.6 Å². The average molecular weight is 382 g/mol. The van der Waals surface area contributed by atoms with E-state index in [4.69, 9.17) is 5.73 Å². The molecule has 1 aliphatic heterocycles. The molecule has 0 aromatic heterocycles. The fourth-order valence-corrected chi connectivity index (χ4v) is 3.61. The fourth-order valence-electron chi connectivity index (χ4n) is 3.61.